The van der Waals surface area contributed by atoms with Gasteiger partial charge in [-0.05, 0) is 130 Å². The molecule has 0 fully saturated rings. The fourth-order valence-corrected chi connectivity index (χ4v) is 10.0. The van der Waals surface area contributed by atoms with E-state index in [4.69, 9.17) is 0 Å². The van der Waals surface area contributed by atoms with Gasteiger partial charge in [0.05, 0.1) is 5.56 Å². The highest BCUT2D eigenvalue weighted by molar-refractivity contribution is 5.94. The van der Waals surface area contributed by atoms with Crippen LogP contribution in [0.5, 0.6) is 0 Å². The molecule has 7 aromatic carbocycles. The van der Waals surface area contributed by atoms with Crippen LogP contribution in [0.1, 0.15) is 16.7 Å². The average molecular weight is 837 g/mol. The quantitative estimate of drug-likeness (QED) is 0.135. The summed E-state index contributed by atoms with van der Waals surface area (Å²) in [7, 11) is 4.31. The normalized spacial score (nSPS) is 11.6. The Kier molecular flexibility index (Phi) is 10.2. The topological polar surface area (TPSA) is 11.6 Å². The summed E-state index contributed by atoms with van der Waals surface area (Å²) in [4.78, 5) is 0. The smallest absolute Gasteiger partial charge is 0.200 e. The highest BCUT2D eigenvalue weighted by atomic mass is 15.0. The van der Waals surface area contributed by atoms with Crippen LogP contribution in [0, 0.1) is 13.8 Å². The van der Waals surface area contributed by atoms with Gasteiger partial charge >= 0.3 is 0 Å². The molecule has 10 aromatic rings. The third-order valence-electron chi connectivity index (χ3n) is 13.3. The predicted molar refractivity (Wildman–Crippen MR) is 266 cm³/mol. The van der Waals surface area contributed by atoms with Crippen molar-refractivity contribution in [3.05, 3.63) is 235 Å². The van der Waals surface area contributed by atoms with E-state index in [1.54, 1.807) is 0 Å². The van der Waals surface area contributed by atoms with E-state index in [1.165, 1.54) is 117 Å². The predicted octanol–water partition coefficient (Wildman–Crippen LogP) is 13.6. The van der Waals surface area contributed by atoms with Crippen molar-refractivity contribution in [2.24, 2.45) is 14.1 Å². The zero-order valence-electron chi connectivity index (χ0n) is 37.3. The maximum absolute atomic E-state index is 2.40. The number of hydrogen-bond acceptors (Lipinski definition) is 0. The molecule has 310 valence electrons. The lowest BCUT2D eigenvalue weighted by atomic mass is 9.86. The number of fused-ring (bicyclic) bond motifs is 3. The Balaban J connectivity index is 1.08. The van der Waals surface area contributed by atoms with Crippen LogP contribution < -0.4 is 13.7 Å². The van der Waals surface area contributed by atoms with Crippen LogP contribution >= 0.6 is 0 Å². The largest absolute Gasteiger partial charge is 0.213 e. The lowest BCUT2D eigenvalue weighted by Crippen LogP contribution is -2.31. The third-order valence-corrected chi connectivity index (χ3v) is 13.3. The Morgan fingerprint density at radius 3 is 1.02 bits per heavy atom. The summed E-state index contributed by atoms with van der Waals surface area (Å²) in [6.07, 6.45) is 6.89. The molecule has 0 aliphatic carbocycles. The molecule has 0 atom stereocenters. The van der Waals surface area contributed by atoms with Crippen molar-refractivity contribution < 1.29 is 13.7 Å². The fraction of sp³-hybridized carbons (Fsp3) is 0.0806. The van der Waals surface area contributed by atoms with Gasteiger partial charge in [-0.2, -0.15) is 4.57 Å². The van der Waals surface area contributed by atoms with E-state index in [0.29, 0.717) is 0 Å². The number of rotatable bonds is 8. The molecule has 1 aliphatic rings. The number of aromatic nitrogens is 3. The van der Waals surface area contributed by atoms with Crippen LogP contribution in [0.3, 0.4) is 0 Å². The van der Waals surface area contributed by atoms with E-state index in [1.807, 2.05) is 0 Å². The first-order chi connectivity index (χ1) is 31.9. The summed E-state index contributed by atoms with van der Waals surface area (Å²) in [5, 5.41) is 0. The second-order valence-electron chi connectivity index (χ2n) is 17.5. The molecule has 4 heterocycles. The molecule has 0 bridgehead atoms. The van der Waals surface area contributed by atoms with Gasteiger partial charge in [-0.3, -0.25) is 0 Å². The Hall–Kier alpha value is -8.01. The number of pyridine rings is 3. The van der Waals surface area contributed by atoms with Crippen molar-refractivity contribution in [1.29, 1.82) is 0 Å². The van der Waals surface area contributed by atoms with Gasteiger partial charge in [0, 0.05) is 51.6 Å². The monoisotopic (exact) mass is 836 g/mol. The lowest BCUT2D eigenvalue weighted by molar-refractivity contribution is -0.671. The van der Waals surface area contributed by atoms with Gasteiger partial charge in [0.2, 0.25) is 17.1 Å². The first-order valence-corrected chi connectivity index (χ1v) is 22.6. The van der Waals surface area contributed by atoms with Crippen molar-refractivity contribution in [1.82, 2.24) is 0 Å². The fourth-order valence-electron chi connectivity index (χ4n) is 10.0. The Labute approximate surface area is 382 Å². The van der Waals surface area contributed by atoms with E-state index < -0.39 is 0 Å². The molecule has 11 rings (SSSR count). The SMILES string of the molecule is Cc1ccccc1-c1ccc(-c2ccccc2-c2cc(-c3ccccc3-c3ccc(-c4ccccc4C)[n+](C)c3)cc(-c3ccccc3-c3ccc4[n+](c3)Cc3ccccc3-4)c2)c[n+]1C. The molecule has 0 spiro atoms. The maximum atomic E-state index is 2.40. The van der Waals surface area contributed by atoms with Crippen molar-refractivity contribution in [2.45, 2.75) is 20.4 Å². The Morgan fingerprint density at radius 2 is 0.615 bits per heavy atom. The number of hydrogen-bond donors (Lipinski definition) is 0. The lowest BCUT2D eigenvalue weighted by Gasteiger charge is -2.17. The van der Waals surface area contributed by atoms with Gasteiger partial charge in [-0.25, -0.2) is 9.13 Å². The van der Waals surface area contributed by atoms with Gasteiger partial charge in [0.1, 0.15) is 14.1 Å². The maximum Gasteiger partial charge on any atom is 0.213 e. The molecule has 65 heavy (non-hydrogen) atoms. The Morgan fingerprint density at radius 1 is 0.292 bits per heavy atom. The van der Waals surface area contributed by atoms with Gasteiger partial charge in [0.15, 0.2) is 25.1 Å². The van der Waals surface area contributed by atoms with E-state index in [-0.39, 0.29) is 0 Å². The zero-order valence-corrected chi connectivity index (χ0v) is 37.3. The molecule has 1 aliphatic heterocycles. The molecule has 3 aromatic heterocycles. The highest BCUT2D eigenvalue weighted by Gasteiger charge is 2.27. The molecule has 3 nitrogen and oxygen atoms in total. The van der Waals surface area contributed by atoms with Crippen LogP contribution in [0.25, 0.3) is 101 Å². The van der Waals surface area contributed by atoms with Crippen molar-refractivity contribution in [3.8, 4) is 101 Å². The van der Waals surface area contributed by atoms with Crippen LogP contribution in [0.4, 0.5) is 0 Å². The minimum absolute atomic E-state index is 0.877. The Bertz CT molecular complexity index is 3310. The van der Waals surface area contributed by atoms with Gasteiger partial charge in [-0.1, -0.05) is 127 Å². The van der Waals surface area contributed by atoms with Crippen LogP contribution in [-0.4, -0.2) is 0 Å². The molecule has 0 radical (unpaired) electrons. The van der Waals surface area contributed by atoms with Crippen LogP contribution in [0.2, 0.25) is 0 Å². The third kappa shape index (κ3) is 7.35. The summed E-state index contributed by atoms with van der Waals surface area (Å²) in [6.45, 7) is 5.24. The highest BCUT2D eigenvalue weighted by Crippen LogP contribution is 2.42. The zero-order chi connectivity index (χ0) is 44.0. The van der Waals surface area contributed by atoms with Gasteiger partial charge in [0.25, 0.3) is 0 Å². The second kappa shape index (κ2) is 16.6. The number of benzene rings is 7. The molecule has 0 unspecified atom stereocenters. The standard InChI is InChI=1S/C62H50N3/c1-42-17-5-8-20-51(42)60-32-29-45(38-63(60)3)53-22-11-14-25-56(53)48-35-49(57-26-15-12-23-54(57)46-30-33-61(64(4)39-46)52-21-9-6-18-43(52)2)37-50(36-48)58-27-16-13-24-55(58)47-31-34-62-59-28-10-7-19-44(59)40-65(62)41-47/h5-39,41H,40H2,1-4H3/q+3. The minimum atomic E-state index is 0.877. The van der Waals surface area contributed by atoms with Crippen molar-refractivity contribution in [3.63, 3.8) is 0 Å². The average Bonchev–Trinajstić information content (AvgIpc) is 3.72. The molecule has 0 amide bonds. The second-order valence-corrected chi connectivity index (χ2v) is 17.5. The van der Waals surface area contributed by atoms with Crippen LogP contribution in [0.15, 0.2) is 219 Å². The molecule has 0 saturated carbocycles. The van der Waals surface area contributed by atoms with Crippen molar-refractivity contribution >= 4 is 0 Å². The molecule has 0 saturated heterocycles. The number of aryl methyl sites for hydroxylation is 4. The van der Waals surface area contributed by atoms with Gasteiger partial charge < -0.3 is 0 Å². The summed E-state index contributed by atoms with van der Waals surface area (Å²) < 4.78 is 6.93. The van der Waals surface area contributed by atoms with E-state index in [0.717, 1.165) is 6.54 Å². The van der Waals surface area contributed by atoms with Crippen LogP contribution in [-0.2, 0) is 20.6 Å². The molecular weight excluding hydrogens is 787 g/mol. The molecule has 3 heteroatoms. The summed E-state index contributed by atoms with van der Waals surface area (Å²) >= 11 is 0. The summed E-state index contributed by atoms with van der Waals surface area (Å²) in [6, 6.07) is 73.5. The first kappa shape index (κ1) is 39.8. The summed E-state index contributed by atoms with van der Waals surface area (Å²) in [5.74, 6) is 0. The summed E-state index contributed by atoms with van der Waals surface area (Å²) in [5.41, 5.74) is 25.6. The number of nitrogens with zero attached hydrogens (tertiary/aromatic N) is 3. The van der Waals surface area contributed by atoms with E-state index in [9.17, 15) is 0 Å². The minimum Gasteiger partial charge on any atom is -0.200 e. The van der Waals surface area contributed by atoms with Crippen molar-refractivity contribution in [2.75, 3.05) is 0 Å². The first-order valence-electron chi connectivity index (χ1n) is 22.6. The van der Waals surface area contributed by atoms with Gasteiger partial charge in [-0.15, -0.1) is 0 Å². The van der Waals surface area contributed by atoms with E-state index in [2.05, 4.69) is 260 Å². The molecule has 0 N–H and O–H groups in total. The molecular formula is C62H50N3+3. The van der Waals surface area contributed by atoms with E-state index >= 15 is 0 Å².